The molecular formula is C18H26ClN3O3. The monoisotopic (exact) mass is 367 g/mol. The van der Waals surface area contributed by atoms with Gasteiger partial charge in [-0.15, -0.1) is 0 Å². The minimum Gasteiger partial charge on any atom is -0.496 e. The van der Waals surface area contributed by atoms with Crippen LogP contribution in [0.2, 0.25) is 5.02 Å². The molecule has 2 amide bonds. The standard InChI is InChI=1S/C18H26ClN3O3/c1-3-8-20-9-10-21-17(23)15-5-4-11-22(15)18(24)14-12-13(19)6-7-16(14)25-2/h6-7,12,15,20H,3-5,8-11H2,1-2H3,(H,21,23). The van der Waals surface area contributed by atoms with Crippen molar-refractivity contribution in [2.45, 2.75) is 32.2 Å². The maximum absolute atomic E-state index is 12.9. The molecule has 1 aliphatic heterocycles. The summed E-state index contributed by atoms with van der Waals surface area (Å²) in [5.41, 5.74) is 0.388. The zero-order valence-electron chi connectivity index (χ0n) is 14.8. The van der Waals surface area contributed by atoms with E-state index in [0.717, 1.165) is 25.9 Å². The third-order valence-corrected chi connectivity index (χ3v) is 4.47. The van der Waals surface area contributed by atoms with E-state index in [1.807, 2.05) is 0 Å². The van der Waals surface area contributed by atoms with Gasteiger partial charge in [-0.25, -0.2) is 0 Å². The Bertz CT molecular complexity index is 609. The van der Waals surface area contributed by atoms with Crippen LogP contribution in [0.3, 0.4) is 0 Å². The second-order valence-electron chi connectivity index (χ2n) is 6.04. The molecule has 0 spiro atoms. The lowest BCUT2D eigenvalue weighted by Crippen LogP contribution is -2.47. The van der Waals surface area contributed by atoms with Gasteiger partial charge in [0.15, 0.2) is 0 Å². The number of likely N-dealkylation sites (tertiary alicyclic amines) is 1. The fraction of sp³-hybridized carbons (Fsp3) is 0.556. The average molecular weight is 368 g/mol. The van der Waals surface area contributed by atoms with E-state index in [1.54, 1.807) is 23.1 Å². The number of benzene rings is 1. The SMILES string of the molecule is CCCNCCNC(=O)C1CCCN1C(=O)c1cc(Cl)ccc1OC. The van der Waals surface area contributed by atoms with Gasteiger partial charge in [-0.2, -0.15) is 0 Å². The summed E-state index contributed by atoms with van der Waals surface area (Å²) in [6.07, 6.45) is 2.53. The van der Waals surface area contributed by atoms with Crippen LogP contribution in [0.5, 0.6) is 5.75 Å². The first-order chi connectivity index (χ1) is 12.1. The molecule has 1 aromatic carbocycles. The van der Waals surface area contributed by atoms with Crippen molar-refractivity contribution in [2.24, 2.45) is 0 Å². The molecule has 0 aromatic heterocycles. The summed E-state index contributed by atoms with van der Waals surface area (Å²) in [6.45, 7) is 4.86. The van der Waals surface area contributed by atoms with E-state index in [-0.39, 0.29) is 11.8 Å². The van der Waals surface area contributed by atoms with E-state index in [4.69, 9.17) is 16.3 Å². The summed E-state index contributed by atoms with van der Waals surface area (Å²) in [5.74, 6) is 0.135. The van der Waals surface area contributed by atoms with Gasteiger partial charge in [-0.05, 0) is 44.0 Å². The van der Waals surface area contributed by atoms with Gasteiger partial charge >= 0.3 is 0 Å². The lowest BCUT2D eigenvalue weighted by Gasteiger charge is -2.25. The predicted molar refractivity (Wildman–Crippen MR) is 98.2 cm³/mol. The molecule has 1 fully saturated rings. The molecule has 1 aromatic rings. The Labute approximate surface area is 153 Å². The van der Waals surface area contributed by atoms with Gasteiger partial charge < -0.3 is 20.3 Å². The highest BCUT2D eigenvalue weighted by Gasteiger charge is 2.35. The predicted octanol–water partition coefficient (Wildman–Crippen LogP) is 2.07. The zero-order valence-corrected chi connectivity index (χ0v) is 15.6. The number of methoxy groups -OCH3 is 1. The molecule has 1 atom stereocenters. The van der Waals surface area contributed by atoms with Crippen LogP contribution >= 0.6 is 11.6 Å². The molecule has 25 heavy (non-hydrogen) atoms. The number of halogens is 1. The molecule has 0 aliphatic carbocycles. The topological polar surface area (TPSA) is 70.7 Å². The van der Waals surface area contributed by atoms with Crippen LogP contribution < -0.4 is 15.4 Å². The third kappa shape index (κ3) is 5.09. The number of carbonyl (C=O) groups excluding carboxylic acids is 2. The number of carbonyl (C=O) groups is 2. The van der Waals surface area contributed by atoms with Crippen LogP contribution in [-0.2, 0) is 4.79 Å². The Balaban J connectivity index is 2.01. The van der Waals surface area contributed by atoms with Crippen LogP contribution in [0.1, 0.15) is 36.5 Å². The highest BCUT2D eigenvalue weighted by atomic mass is 35.5. The molecule has 7 heteroatoms. The van der Waals surface area contributed by atoms with Crippen molar-refractivity contribution >= 4 is 23.4 Å². The van der Waals surface area contributed by atoms with Crippen LogP contribution in [0, 0.1) is 0 Å². The Hall–Kier alpha value is -1.79. The molecular weight excluding hydrogens is 342 g/mol. The Morgan fingerprint density at radius 3 is 2.84 bits per heavy atom. The van der Waals surface area contributed by atoms with Crippen LogP contribution in [0.15, 0.2) is 18.2 Å². The molecule has 6 nitrogen and oxygen atoms in total. The minimum atomic E-state index is -0.442. The highest BCUT2D eigenvalue weighted by molar-refractivity contribution is 6.31. The summed E-state index contributed by atoms with van der Waals surface area (Å²) < 4.78 is 5.26. The fourth-order valence-electron chi connectivity index (χ4n) is 2.98. The number of hydrogen-bond donors (Lipinski definition) is 2. The van der Waals surface area contributed by atoms with Crippen LogP contribution in [0.25, 0.3) is 0 Å². The molecule has 2 N–H and O–H groups in total. The van der Waals surface area contributed by atoms with Crippen molar-refractivity contribution in [1.82, 2.24) is 15.5 Å². The summed E-state index contributed by atoms with van der Waals surface area (Å²) in [7, 11) is 1.51. The number of rotatable bonds is 8. The van der Waals surface area contributed by atoms with E-state index in [9.17, 15) is 9.59 Å². The molecule has 0 bridgehead atoms. The molecule has 1 saturated heterocycles. The summed E-state index contributed by atoms with van der Waals surface area (Å²) >= 11 is 6.02. The zero-order chi connectivity index (χ0) is 18.2. The van der Waals surface area contributed by atoms with Gasteiger partial charge in [0, 0.05) is 24.7 Å². The van der Waals surface area contributed by atoms with Gasteiger partial charge in [-0.1, -0.05) is 18.5 Å². The van der Waals surface area contributed by atoms with Gasteiger partial charge in [0.2, 0.25) is 5.91 Å². The van der Waals surface area contributed by atoms with Gasteiger partial charge in [0.1, 0.15) is 11.8 Å². The molecule has 1 heterocycles. The third-order valence-electron chi connectivity index (χ3n) is 4.24. The van der Waals surface area contributed by atoms with Crippen molar-refractivity contribution < 1.29 is 14.3 Å². The summed E-state index contributed by atoms with van der Waals surface area (Å²) in [4.78, 5) is 27.0. The number of ether oxygens (including phenoxy) is 1. The van der Waals surface area contributed by atoms with Crippen molar-refractivity contribution in [3.05, 3.63) is 28.8 Å². The molecule has 2 rings (SSSR count). The Kier molecular flexibility index (Phi) is 7.52. The van der Waals surface area contributed by atoms with Crippen molar-refractivity contribution in [3.63, 3.8) is 0 Å². The largest absolute Gasteiger partial charge is 0.496 e. The summed E-state index contributed by atoms with van der Waals surface area (Å²) in [5, 5.41) is 6.61. The summed E-state index contributed by atoms with van der Waals surface area (Å²) in [6, 6.07) is 4.49. The maximum Gasteiger partial charge on any atom is 0.258 e. The first-order valence-electron chi connectivity index (χ1n) is 8.71. The first kappa shape index (κ1) is 19.5. The molecule has 0 radical (unpaired) electrons. The number of nitrogens with zero attached hydrogens (tertiary/aromatic N) is 1. The molecule has 0 saturated carbocycles. The lowest BCUT2D eigenvalue weighted by molar-refractivity contribution is -0.124. The van der Waals surface area contributed by atoms with Crippen molar-refractivity contribution in [1.29, 1.82) is 0 Å². The van der Waals surface area contributed by atoms with Crippen molar-refractivity contribution in [2.75, 3.05) is 33.3 Å². The van der Waals surface area contributed by atoms with Crippen molar-refractivity contribution in [3.8, 4) is 5.75 Å². The van der Waals surface area contributed by atoms with Gasteiger partial charge in [0.05, 0.1) is 12.7 Å². The van der Waals surface area contributed by atoms with Crippen LogP contribution in [0.4, 0.5) is 0 Å². The minimum absolute atomic E-state index is 0.106. The second-order valence-corrected chi connectivity index (χ2v) is 6.48. The van der Waals surface area contributed by atoms with E-state index < -0.39 is 6.04 Å². The number of amides is 2. The molecule has 138 valence electrons. The van der Waals surface area contributed by atoms with Gasteiger partial charge in [-0.3, -0.25) is 9.59 Å². The number of nitrogens with one attached hydrogen (secondary N) is 2. The molecule has 1 unspecified atom stereocenters. The highest BCUT2D eigenvalue weighted by Crippen LogP contribution is 2.27. The Morgan fingerprint density at radius 1 is 1.32 bits per heavy atom. The number of hydrogen-bond acceptors (Lipinski definition) is 4. The van der Waals surface area contributed by atoms with E-state index >= 15 is 0 Å². The smallest absolute Gasteiger partial charge is 0.258 e. The maximum atomic E-state index is 12.9. The van der Waals surface area contributed by atoms with E-state index in [2.05, 4.69) is 17.6 Å². The van der Waals surface area contributed by atoms with Gasteiger partial charge in [0.25, 0.3) is 5.91 Å². The Morgan fingerprint density at radius 2 is 2.12 bits per heavy atom. The second kappa shape index (κ2) is 9.63. The fourth-order valence-corrected chi connectivity index (χ4v) is 3.15. The quantitative estimate of drug-likeness (QED) is 0.690. The molecule has 1 aliphatic rings. The van der Waals surface area contributed by atoms with E-state index in [1.165, 1.54) is 7.11 Å². The normalized spacial score (nSPS) is 16.8. The van der Waals surface area contributed by atoms with E-state index in [0.29, 0.717) is 35.8 Å². The van der Waals surface area contributed by atoms with Crippen LogP contribution in [-0.4, -0.2) is 56.0 Å². The first-order valence-corrected chi connectivity index (χ1v) is 9.09. The lowest BCUT2D eigenvalue weighted by atomic mass is 10.1. The average Bonchev–Trinajstić information content (AvgIpc) is 3.10.